The fourth-order valence-electron chi connectivity index (χ4n) is 1.44. The van der Waals surface area contributed by atoms with E-state index in [0.717, 1.165) is 12.4 Å². The summed E-state index contributed by atoms with van der Waals surface area (Å²) >= 11 is 5.65. The van der Waals surface area contributed by atoms with Crippen LogP contribution in [0.2, 0.25) is 30.8 Å². The second kappa shape index (κ2) is 7.47. The largest absolute Gasteiger partial charge is 0.465 e. The van der Waals surface area contributed by atoms with Crippen LogP contribution in [0.5, 0.6) is 0 Å². The van der Waals surface area contributed by atoms with E-state index in [4.69, 9.17) is 16.3 Å². The van der Waals surface area contributed by atoms with E-state index in [-0.39, 0.29) is 6.73 Å². The van der Waals surface area contributed by atoms with Crippen molar-refractivity contribution in [2.75, 3.05) is 18.2 Å². The van der Waals surface area contributed by atoms with E-state index in [2.05, 4.69) is 29.6 Å². The highest BCUT2D eigenvalue weighted by atomic mass is 35.5. The summed E-state index contributed by atoms with van der Waals surface area (Å²) in [5, 5.41) is 19.8. The van der Waals surface area contributed by atoms with Crippen molar-refractivity contribution in [1.29, 1.82) is 0 Å². The second-order valence-electron chi connectivity index (χ2n) is 5.65. The predicted molar refractivity (Wildman–Crippen MR) is 83.2 cm³/mol. The summed E-state index contributed by atoms with van der Waals surface area (Å²) in [6.45, 7) is 6.46. The first-order valence-corrected chi connectivity index (χ1v) is 10.4. The molecular weight excluding hydrogens is 332 g/mol. The number of aromatic nitrogens is 2. The Kier molecular flexibility index (Phi) is 6.20. The molecule has 1 heterocycles. The molecule has 0 atom stereocenters. The van der Waals surface area contributed by atoms with Crippen LogP contribution in [0.4, 0.5) is 16.3 Å². The number of hydrogen-bond acceptors (Lipinski definition) is 6. The first-order chi connectivity index (χ1) is 10.1. The van der Waals surface area contributed by atoms with Gasteiger partial charge < -0.3 is 9.84 Å². The van der Waals surface area contributed by atoms with Gasteiger partial charge in [-0.25, -0.2) is 19.7 Å². The predicted octanol–water partition coefficient (Wildman–Crippen LogP) is 2.83. The van der Waals surface area contributed by atoms with Crippen LogP contribution >= 0.6 is 11.6 Å². The highest BCUT2D eigenvalue weighted by Gasteiger charge is 2.29. The van der Waals surface area contributed by atoms with Gasteiger partial charge in [0.1, 0.15) is 13.1 Å². The van der Waals surface area contributed by atoms with Crippen molar-refractivity contribution in [2.45, 2.75) is 25.7 Å². The van der Waals surface area contributed by atoms with Crippen LogP contribution < -0.4 is 4.90 Å². The Morgan fingerprint density at radius 2 is 2.14 bits per heavy atom. The third kappa shape index (κ3) is 5.20. The summed E-state index contributed by atoms with van der Waals surface area (Å²) in [6.07, 6.45) is -0.464. The molecule has 1 N–H and O–H groups in total. The lowest BCUT2D eigenvalue weighted by Gasteiger charge is -2.20. The Labute approximate surface area is 133 Å². The molecular formula is C11H17ClN4O5Si. The summed E-state index contributed by atoms with van der Waals surface area (Å²) < 4.78 is 5.32. The molecule has 0 aliphatic carbocycles. The van der Waals surface area contributed by atoms with E-state index < -0.39 is 35.7 Å². The normalized spacial score (nSPS) is 11.3. The summed E-state index contributed by atoms with van der Waals surface area (Å²) in [6, 6.07) is 0.840. The maximum Gasteiger partial charge on any atom is 0.415 e. The van der Waals surface area contributed by atoms with Gasteiger partial charge in [0.05, 0.1) is 4.92 Å². The molecule has 0 unspecified atom stereocenters. The number of nitrogens with zero attached hydrogens (tertiary/aromatic N) is 4. The van der Waals surface area contributed by atoms with Gasteiger partial charge in [-0.2, -0.15) is 0 Å². The summed E-state index contributed by atoms with van der Waals surface area (Å²) in [5.74, 6) is -0.412. The SMILES string of the molecule is C[Si](C)(C)CCOCN(C(=O)O)c1ncnc(Cl)c1[N+](=O)[O-]. The van der Waals surface area contributed by atoms with Crippen molar-refractivity contribution in [2.24, 2.45) is 0 Å². The maximum atomic E-state index is 11.3. The summed E-state index contributed by atoms with van der Waals surface area (Å²) in [5.41, 5.74) is -0.666. The first-order valence-electron chi connectivity index (χ1n) is 6.36. The number of rotatable bonds is 7. The number of amides is 1. The van der Waals surface area contributed by atoms with Crippen LogP contribution in [-0.4, -0.2) is 47.5 Å². The summed E-state index contributed by atoms with van der Waals surface area (Å²) in [7, 11) is -1.32. The molecule has 1 rings (SSSR count). The number of carbonyl (C=O) groups is 1. The maximum absolute atomic E-state index is 11.3. The number of nitro groups is 1. The van der Waals surface area contributed by atoms with Crippen LogP contribution in [0, 0.1) is 10.1 Å². The van der Waals surface area contributed by atoms with E-state index in [1.807, 2.05) is 0 Å². The number of anilines is 1. The molecule has 0 saturated carbocycles. The minimum absolute atomic E-state index is 0.367. The van der Waals surface area contributed by atoms with E-state index in [0.29, 0.717) is 11.5 Å². The Balaban J connectivity index is 2.91. The molecule has 0 fully saturated rings. The molecule has 1 aromatic rings. The van der Waals surface area contributed by atoms with Crippen molar-refractivity contribution in [3.63, 3.8) is 0 Å². The Morgan fingerprint density at radius 3 is 2.64 bits per heavy atom. The average molecular weight is 349 g/mol. The van der Waals surface area contributed by atoms with E-state index in [1.54, 1.807) is 0 Å². The molecule has 0 spiro atoms. The van der Waals surface area contributed by atoms with Crippen molar-refractivity contribution < 1.29 is 19.6 Å². The molecule has 0 bridgehead atoms. The molecule has 0 aromatic carbocycles. The zero-order chi connectivity index (χ0) is 16.9. The topological polar surface area (TPSA) is 119 Å². The van der Waals surface area contributed by atoms with Crippen LogP contribution in [0.25, 0.3) is 0 Å². The Hall–Kier alpha value is -1.78. The third-order valence-corrected chi connectivity index (χ3v) is 4.62. The van der Waals surface area contributed by atoms with Crippen LogP contribution in [-0.2, 0) is 4.74 Å². The number of hydrogen-bond donors (Lipinski definition) is 1. The summed E-state index contributed by atoms with van der Waals surface area (Å²) in [4.78, 5) is 29.3. The van der Waals surface area contributed by atoms with Crippen LogP contribution in [0.1, 0.15) is 0 Å². The van der Waals surface area contributed by atoms with Crippen LogP contribution in [0.3, 0.4) is 0 Å². The second-order valence-corrected chi connectivity index (χ2v) is 11.6. The lowest BCUT2D eigenvalue weighted by molar-refractivity contribution is -0.384. The van der Waals surface area contributed by atoms with Gasteiger partial charge in [0.25, 0.3) is 0 Å². The minimum atomic E-state index is -1.43. The number of halogens is 1. The molecule has 0 radical (unpaired) electrons. The minimum Gasteiger partial charge on any atom is -0.465 e. The Bertz CT molecular complexity index is 566. The number of carboxylic acid groups (broad SMARTS) is 1. The van der Waals surface area contributed by atoms with Gasteiger partial charge in [0.2, 0.25) is 11.0 Å². The van der Waals surface area contributed by atoms with Gasteiger partial charge in [0.15, 0.2) is 0 Å². The fraction of sp³-hybridized carbons (Fsp3) is 0.545. The molecule has 1 aromatic heterocycles. The first kappa shape index (κ1) is 18.3. The van der Waals surface area contributed by atoms with E-state index in [9.17, 15) is 20.0 Å². The molecule has 0 aliphatic heterocycles. The molecule has 0 saturated heterocycles. The monoisotopic (exact) mass is 348 g/mol. The molecule has 11 heteroatoms. The zero-order valence-corrected chi connectivity index (χ0v) is 14.2. The van der Waals surface area contributed by atoms with Crippen molar-refractivity contribution in [3.05, 3.63) is 21.6 Å². The molecule has 0 aliphatic rings. The molecule has 122 valence electrons. The quantitative estimate of drug-likeness (QED) is 0.201. The highest BCUT2D eigenvalue weighted by molar-refractivity contribution is 6.76. The van der Waals surface area contributed by atoms with Gasteiger partial charge in [-0.15, -0.1) is 0 Å². The van der Waals surface area contributed by atoms with Gasteiger partial charge in [-0.05, 0) is 6.04 Å². The third-order valence-electron chi connectivity index (χ3n) is 2.64. The van der Waals surface area contributed by atoms with Gasteiger partial charge in [0, 0.05) is 14.7 Å². The number of ether oxygens (including phenoxy) is 1. The molecule has 1 amide bonds. The standard InChI is InChI=1S/C11H17ClN4O5Si/c1-22(2,3)5-4-21-7-15(11(17)18)10-8(16(19)20)9(12)13-6-14-10/h6H,4-5,7H2,1-3H3,(H,17,18). The van der Waals surface area contributed by atoms with Crippen molar-refractivity contribution >= 4 is 37.3 Å². The molecule has 9 nitrogen and oxygen atoms in total. The average Bonchev–Trinajstić information content (AvgIpc) is 2.36. The Morgan fingerprint density at radius 1 is 1.50 bits per heavy atom. The lowest BCUT2D eigenvalue weighted by atomic mass is 10.4. The van der Waals surface area contributed by atoms with E-state index >= 15 is 0 Å². The van der Waals surface area contributed by atoms with Gasteiger partial charge >= 0.3 is 11.8 Å². The zero-order valence-electron chi connectivity index (χ0n) is 12.4. The smallest absolute Gasteiger partial charge is 0.415 e. The lowest BCUT2D eigenvalue weighted by Crippen LogP contribution is -2.34. The van der Waals surface area contributed by atoms with Crippen molar-refractivity contribution in [1.82, 2.24) is 9.97 Å². The highest BCUT2D eigenvalue weighted by Crippen LogP contribution is 2.31. The van der Waals surface area contributed by atoms with Gasteiger partial charge in [-0.1, -0.05) is 31.2 Å². The fourth-order valence-corrected chi connectivity index (χ4v) is 2.40. The van der Waals surface area contributed by atoms with Crippen LogP contribution in [0.15, 0.2) is 6.33 Å². The van der Waals surface area contributed by atoms with Gasteiger partial charge in [-0.3, -0.25) is 10.1 Å². The molecule has 22 heavy (non-hydrogen) atoms. The van der Waals surface area contributed by atoms with E-state index in [1.165, 1.54) is 0 Å². The van der Waals surface area contributed by atoms with Crippen molar-refractivity contribution in [3.8, 4) is 0 Å².